The Morgan fingerprint density at radius 2 is 1.41 bits per heavy atom. The largest absolute Gasteiger partial charge is 0.491 e. The number of para-hydroxylation sites is 1. The number of Topliss-reactive ketones (excluding diaryl/α,β-unsaturated/α-hetero) is 1. The quantitative estimate of drug-likeness (QED) is 0.309. The minimum absolute atomic E-state index is 0.171. The van der Waals surface area contributed by atoms with Crippen LogP contribution >= 0.6 is 0 Å². The van der Waals surface area contributed by atoms with E-state index in [4.69, 9.17) is 4.74 Å². The summed E-state index contributed by atoms with van der Waals surface area (Å²) in [5, 5.41) is 0. The molecule has 0 atom stereocenters. The van der Waals surface area contributed by atoms with Crippen molar-refractivity contribution in [3.8, 4) is 0 Å². The van der Waals surface area contributed by atoms with Crippen LogP contribution in [0.25, 0.3) is 6.08 Å². The Kier molecular flexibility index (Phi) is 6.31. The number of rotatable bonds is 7. The molecule has 0 fully saturated rings. The van der Waals surface area contributed by atoms with E-state index < -0.39 is 0 Å². The van der Waals surface area contributed by atoms with Crippen LogP contribution in [-0.2, 0) is 4.74 Å². The third kappa shape index (κ3) is 5.02. The number of aliphatic imine (C=N–C) groups is 1. The van der Waals surface area contributed by atoms with Gasteiger partial charge in [0.1, 0.15) is 5.76 Å². The SMILES string of the molecule is CCO/C(=C\c1ccccc1)C(=Nc1ccccc1)C(=O)c1ccccc1. The first kappa shape index (κ1) is 18.3. The molecule has 0 amide bonds. The van der Waals surface area contributed by atoms with Crippen LogP contribution in [0.2, 0.25) is 0 Å². The molecule has 0 aliphatic carbocycles. The minimum Gasteiger partial charge on any atom is -0.491 e. The summed E-state index contributed by atoms with van der Waals surface area (Å²) in [6, 6.07) is 28.3. The third-order valence-electron chi connectivity index (χ3n) is 3.88. The zero-order valence-electron chi connectivity index (χ0n) is 15.2. The van der Waals surface area contributed by atoms with Crippen LogP contribution in [0.15, 0.2) is 102 Å². The fraction of sp³-hybridized carbons (Fsp3) is 0.0833. The molecule has 0 N–H and O–H groups in total. The third-order valence-corrected chi connectivity index (χ3v) is 3.88. The molecule has 0 aromatic heterocycles. The summed E-state index contributed by atoms with van der Waals surface area (Å²) in [5.74, 6) is 0.288. The molecule has 0 aliphatic rings. The lowest BCUT2D eigenvalue weighted by Crippen LogP contribution is -2.19. The molecule has 0 saturated heterocycles. The minimum atomic E-state index is -0.171. The van der Waals surface area contributed by atoms with Crippen molar-refractivity contribution >= 4 is 23.3 Å². The van der Waals surface area contributed by atoms with Crippen LogP contribution in [0.1, 0.15) is 22.8 Å². The lowest BCUT2D eigenvalue weighted by molar-refractivity contribution is 0.106. The molecule has 3 nitrogen and oxygen atoms in total. The van der Waals surface area contributed by atoms with Crippen LogP contribution < -0.4 is 0 Å². The van der Waals surface area contributed by atoms with Crippen molar-refractivity contribution in [1.82, 2.24) is 0 Å². The Morgan fingerprint density at radius 3 is 2.00 bits per heavy atom. The number of ketones is 1. The maximum absolute atomic E-state index is 13.2. The summed E-state index contributed by atoms with van der Waals surface area (Å²) in [6.07, 6.45) is 1.85. The lowest BCUT2D eigenvalue weighted by Gasteiger charge is -2.12. The van der Waals surface area contributed by atoms with Gasteiger partial charge in [0.05, 0.1) is 12.3 Å². The molecule has 0 saturated carbocycles. The van der Waals surface area contributed by atoms with E-state index in [-0.39, 0.29) is 11.5 Å². The Morgan fingerprint density at radius 1 is 0.852 bits per heavy atom. The summed E-state index contributed by atoms with van der Waals surface area (Å²) in [4.78, 5) is 17.8. The molecule has 0 radical (unpaired) electrons. The number of carbonyl (C=O) groups is 1. The molecule has 27 heavy (non-hydrogen) atoms. The molecule has 0 unspecified atom stereocenters. The van der Waals surface area contributed by atoms with Crippen LogP contribution in [0.4, 0.5) is 5.69 Å². The molecular weight excluding hydrogens is 334 g/mol. The van der Waals surface area contributed by atoms with Gasteiger partial charge < -0.3 is 4.74 Å². The summed E-state index contributed by atoms with van der Waals surface area (Å²) in [7, 11) is 0. The van der Waals surface area contributed by atoms with Gasteiger partial charge in [-0.3, -0.25) is 4.79 Å². The van der Waals surface area contributed by atoms with E-state index in [2.05, 4.69) is 4.99 Å². The lowest BCUT2D eigenvalue weighted by atomic mass is 10.0. The number of benzene rings is 3. The maximum atomic E-state index is 13.2. The van der Waals surface area contributed by atoms with E-state index in [9.17, 15) is 4.79 Å². The molecular formula is C24H21NO2. The van der Waals surface area contributed by atoms with Crippen molar-refractivity contribution in [2.75, 3.05) is 6.61 Å². The van der Waals surface area contributed by atoms with Gasteiger partial charge >= 0.3 is 0 Å². The standard InChI is InChI=1S/C24H21NO2/c1-2-27-22(18-19-12-6-3-7-13-19)23(25-21-16-10-5-11-17-21)24(26)20-14-8-4-9-15-20/h3-18H,2H2,1H3/b22-18-,25-23?. The van der Waals surface area contributed by atoms with Crippen molar-refractivity contribution in [2.45, 2.75) is 6.92 Å². The zero-order chi connectivity index (χ0) is 18.9. The van der Waals surface area contributed by atoms with Gasteiger partial charge in [-0.25, -0.2) is 4.99 Å². The number of hydrogen-bond donors (Lipinski definition) is 0. The van der Waals surface area contributed by atoms with E-state index in [1.54, 1.807) is 12.1 Å². The molecule has 0 aliphatic heterocycles. The highest BCUT2D eigenvalue weighted by Crippen LogP contribution is 2.19. The number of carbonyl (C=O) groups excluding carboxylic acids is 1. The molecule has 3 aromatic carbocycles. The predicted molar refractivity (Wildman–Crippen MR) is 110 cm³/mol. The summed E-state index contributed by atoms with van der Waals surface area (Å²) in [5.41, 5.74) is 2.52. The van der Waals surface area contributed by atoms with Gasteiger partial charge in [0.2, 0.25) is 5.78 Å². The molecule has 134 valence electrons. The Hall–Kier alpha value is -3.46. The van der Waals surface area contributed by atoms with Gasteiger partial charge in [0.25, 0.3) is 0 Å². The molecule has 3 aromatic rings. The second-order valence-electron chi connectivity index (χ2n) is 5.84. The van der Waals surface area contributed by atoms with Crippen molar-refractivity contribution < 1.29 is 9.53 Å². The topological polar surface area (TPSA) is 38.7 Å². The van der Waals surface area contributed by atoms with Crippen LogP contribution in [0, 0.1) is 0 Å². The second-order valence-corrected chi connectivity index (χ2v) is 5.84. The monoisotopic (exact) mass is 355 g/mol. The van der Waals surface area contributed by atoms with E-state index in [1.807, 2.05) is 91.9 Å². The van der Waals surface area contributed by atoms with Crippen molar-refractivity contribution in [3.63, 3.8) is 0 Å². The molecule has 0 spiro atoms. The van der Waals surface area contributed by atoms with Gasteiger partial charge in [-0.05, 0) is 30.7 Å². The summed E-state index contributed by atoms with van der Waals surface area (Å²) < 4.78 is 5.83. The van der Waals surface area contributed by atoms with Crippen LogP contribution in [0.5, 0.6) is 0 Å². The maximum Gasteiger partial charge on any atom is 0.215 e. The average molecular weight is 355 g/mol. The van der Waals surface area contributed by atoms with Crippen LogP contribution in [-0.4, -0.2) is 18.1 Å². The average Bonchev–Trinajstić information content (AvgIpc) is 2.73. The molecule has 0 heterocycles. The van der Waals surface area contributed by atoms with Gasteiger partial charge in [-0.2, -0.15) is 0 Å². The van der Waals surface area contributed by atoms with Crippen LogP contribution in [0.3, 0.4) is 0 Å². The molecule has 3 rings (SSSR count). The first-order valence-electron chi connectivity index (χ1n) is 8.91. The molecule has 3 heteroatoms. The normalized spacial score (nSPS) is 11.9. The van der Waals surface area contributed by atoms with E-state index in [0.717, 1.165) is 5.56 Å². The Bertz CT molecular complexity index is 930. The van der Waals surface area contributed by atoms with Gasteiger partial charge in [-0.1, -0.05) is 78.9 Å². The number of ether oxygens (including phenoxy) is 1. The highest BCUT2D eigenvalue weighted by Gasteiger charge is 2.20. The molecule has 0 bridgehead atoms. The van der Waals surface area contributed by atoms with Gasteiger partial charge in [-0.15, -0.1) is 0 Å². The van der Waals surface area contributed by atoms with Gasteiger partial charge in [0, 0.05) is 5.56 Å². The first-order chi connectivity index (χ1) is 13.3. The summed E-state index contributed by atoms with van der Waals surface area (Å²) in [6.45, 7) is 2.33. The van der Waals surface area contributed by atoms with Crippen molar-refractivity contribution in [1.29, 1.82) is 0 Å². The van der Waals surface area contributed by atoms with E-state index in [1.165, 1.54) is 0 Å². The Balaban J connectivity index is 2.11. The van der Waals surface area contributed by atoms with Crippen molar-refractivity contribution in [3.05, 3.63) is 108 Å². The predicted octanol–water partition coefficient (Wildman–Crippen LogP) is 5.72. The fourth-order valence-corrected chi connectivity index (χ4v) is 2.61. The van der Waals surface area contributed by atoms with Gasteiger partial charge in [0.15, 0.2) is 5.71 Å². The van der Waals surface area contributed by atoms with E-state index >= 15 is 0 Å². The highest BCUT2D eigenvalue weighted by atomic mass is 16.5. The Labute approximate surface area is 159 Å². The van der Waals surface area contributed by atoms with Crippen molar-refractivity contribution in [2.24, 2.45) is 4.99 Å². The highest BCUT2D eigenvalue weighted by molar-refractivity contribution is 6.51. The number of allylic oxidation sites excluding steroid dienone is 1. The summed E-state index contributed by atoms with van der Waals surface area (Å²) >= 11 is 0. The number of nitrogens with zero attached hydrogens (tertiary/aromatic N) is 1. The van der Waals surface area contributed by atoms with E-state index in [0.29, 0.717) is 23.6 Å². The number of hydrogen-bond acceptors (Lipinski definition) is 3. The first-order valence-corrected chi connectivity index (χ1v) is 8.91. The smallest absolute Gasteiger partial charge is 0.215 e. The fourth-order valence-electron chi connectivity index (χ4n) is 2.61. The second kappa shape index (κ2) is 9.30. The zero-order valence-corrected chi connectivity index (χ0v) is 15.2.